The molecule has 0 aromatic rings. The second kappa shape index (κ2) is 6.89. The summed E-state index contributed by atoms with van der Waals surface area (Å²) in [4.78, 5) is 40.0. The Morgan fingerprint density at radius 3 is 2.30 bits per heavy atom. The van der Waals surface area contributed by atoms with Crippen molar-refractivity contribution in [3.05, 3.63) is 0 Å². The molecule has 0 radical (unpaired) electrons. The Balaban J connectivity index is 2.06. The third-order valence-corrected chi connectivity index (χ3v) is 4.77. The fourth-order valence-corrected chi connectivity index (χ4v) is 3.52. The minimum absolute atomic E-state index is 0.0587. The quantitative estimate of drug-likeness (QED) is 0.839. The number of likely N-dealkylation sites (tertiary alicyclic amines) is 2. The number of carbonyl (C=O) groups excluding carboxylic acids is 2. The molecule has 2 fully saturated rings. The van der Waals surface area contributed by atoms with Crippen molar-refractivity contribution in [1.29, 1.82) is 0 Å². The Bertz CT molecular complexity index is 483. The Morgan fingerprint density at radius 1 is 1.00 bits per heavy atom. The molecule has 0 aliphatic carbocycles. The molecule has 1 N–H and O–H groups in total. The van der Waals surface area contributed by atoms with E-state index in [1.807, 2.05) is 20.8 Å². The van der Waals surface area contributed by atoms with E-state index in [9.17, 15) is 19.5 Å². The predicted octanol–water partition coefficient (Wildman–Crippen LogP) is 1.74. The lowest BCUT2D eigenvalue weighted by Crippen LogP contribution is -2.54. The minimum atomic E-state index is -0.920. The number of nitrogens with zero attached hydrogens (tertiary/aromatic N) is 2. The molecule has 2 heterocycles. The lowest BCUT2D eigenvalue weighted by Gasteiger charge is -2.40. The van der Waals surface area contributed by atoms with E-state index < -0.39 is 17.4 Å². The van der Waals surface area contributed by atoms with Gasteiger partial charge in [0.15, 0.2) is 0 Å². The van der Waals surface area contributed by atoms with Gasteiger partial charge >= 0.3 is 5.97 Å². The van der Waals surface area contributed by atoms with Crippen LogP contribution in [0, 0.1) is 11.3 Å². The number of hydrogen-bond acceptors (Lipinski definition) is 3. The van der Waals surface area contributed by atoms with E-state index in [0.29, 0.717) is 26.1 Å². The molecule has 23 heavy (non-hydrogen) atoms. The molecule has 2 amide bonds. The van der Waals surface area contributed by atoms with Crippen molar-refractivity contribution in [2.75, 3.05) is 19.6 Å². The van der Waals surface area contributed by atoms with Crippen LogP contribution in [0.1, 0.15) is 52.9 Å². The summed E-state index contributed by atoms with van der Waals surface area (Å²) in [6.45, 7) is 7.25. The van der Waals surface area contributed by atoms with Crippen LogP contribution in [0.3, 0.4) is 0 Å². The normalized spacial score (nSPS) is 26.0. The average Bonchev–Trinajstić information content (AvgIpc) is 2.52. The van der Waals surface area contributed by atoms with Gasteiger partial charge in [0.1, 0.15) is 6.04 Å². The maximum atomic E-state index is 12.8. The summed E-state index contributed by atoms with van der Waals surface area (Å²) in [6, 6.07) is -0.704. The molecule has 0 saturated carbocycles. The number of rotatable bonds is 2. The number of piperidine rings is 2. The van der Waals surface area contributed by atoms with Crippen molar-refractivity contribution < 1.29 is 19.5 Å². The number of carbonyl (C=O) groups is 3. The third kappa shape index (κ3) is 4.03. The van der Waals surface area contributed by atoms with Gasteiger partial charge < -0.3 is 14.9 Å². The molecule has 2 unspecified atom stereocenters. The molecular weight excluding hydrogens is 296 g/mol. The fourth-order valence-electron chi connectivity index (χ4n) is 3.52. The lowest BCUT2D eigenvalue weighted by atomic mass is 9.90. The first-order valence-electron chi connectivity index (χ1n) is 8.54. The zero-order valence-corrected chi connectivity index (χ0v) is 14.4. The molecular formula is C17H28N2O4. The van der Waals surface area contributed by atoms with Gasteiger partial charge in [-0.05, 0) is 32.1 Å². The predicted molar refractivity (Wildman–Crippen MR) is 85.7 cm³/mol. The van der Waals surface area contributed by atoms with Gasteiger partial charge in [-0.1, -0.05) is 20.8 Å². The second-order valence-corrected chi connectivity index (χ2v) is 7.72. The highest BCUT2D eigenvalue weighted by Gasteiger charge is 2.38. The molecule has 6 nitrogen and oxygen atoms in total. The Labute approximate surface area is 137 Å². The van der Waals surface area contributed by atoms with E-state index in [-0.39, 0.29) is 17.7 Å². The van der Waals surface area contributed by atoms with Crippen LogP contribution < -0.4 is 0 Å². The zero-order valence-electron chi connectivity index (χ0n) is 14.4. The van der Waals surface area contributed by atoms with Crippen molar-refractivity contribution in [3.8, 4) is 0 Å². The van der Waals surface area contributed by atoms with Gasteiger partial charge in [-0.2, -0.15) is 0 Å². The molecule has 2 aliphatic rings. The molecule has 6 heteroatoms. The smallest absolute Gasteiger partial charge is 0.326 e. The number of hydrogen-bond donors (Lipinski definition) is 1. The molecule has 0 bridgehead atoms. The Hall–Kier alpha value is -1.59. The first-order chi connectivity index (χ1) is 10.7. The van der Waals surface area contributed by atoms with E-state index in [4.69, 9.17) is 0 Å². The van der Waals surface area contributed by atoms with Crippen molar-refractivity contribution in [1.82, 2.24) is 9.80 Å². The van der Waals surface area contributed by atoms with Gasteiger partial charge in [0.05, 0.1) is 5.92 Å². The van der Waals surface area contributed by atoms with Crippen molar-refractivity contribution in [3.63, 3.8) is 0 Å². The van der Waals surface area contributed by atoms with Crippen molar-refractivity contribution >= 4 is 17.8 Å². The standard InChI is InChI=1S/C17H28N2O4/c1-17(2,3)16(23)18-9-6-7-12(11-18)14(20)19-10-5-4-8-13(19)15(21)22/h12-13H,4-11H2,1-3H3,(H,21,22). The molecule has 2 atom stereocenters. The van der Waals surface area contributed by atoms with E-state index in [0.717, 1.165) is 25.7 Å². The SMILES string of the molecule is CC(C)(C)C(=O)N1CCCC(C(=O)N2CCCCC2C(=O)O)C1. The molecule has 0 spiro atoms. The summed E-state index contributed by atoms with van der Waals surface area (Å²) >= 11 is 0. The van der Waals surface area contributed by atoms with Crippen LogP contribution in [0.2, 0.25) is 0 Å². The number of amides is 2. The summed E-state index contributed by atoms with van der Waals surface area (Å²) in [6.07, 6.45) is 3.75. The molecule has 2 rings (SSSR count). The van der Waals surface area contributed by atoms with Crippen molar-refractivity contribution in [2.45, 2.75) is 58.9 Å². The first-order valence-corrected chi connectivity index (χ1v) is 8.54. The molecule has 130 valence electrons. The summed E-state index contributed by atoms with van der Waals surface area (Å²) in [7, 11) is 0. The van der Waals surface area contributed by atoms with Crippen LogP contribution in [0.25, 0.3) is 0 Å². The van der Waals surface area contributed by atoms with Crippen LogP contribution in [0.5, 0.6) is 0 Å². The van der Waals surface area contributed by atoms with Gasteiger partial charge in [0.25, 0.3) is 0 Å². The van der Waals surface area contributed by atoms with Gasteiger partial charge in [0, 0.05) is 25.0 Å². The fraction of sp³-hybridized carbons (Fsp3) is 0.824. The summed E-state index contributed by atoms with van der Waals surface area (Å²) in [5.41, 5.74) is -0.459. The maximum absolute atomic E-state index is 12.8. The van der Waals surface area contributed by atoms with Gasteiger partial charge in [0.2, 0.25) is 11.8 Å². The number of aliphatic carboxylic acids is 1. The van der Waals surface area contributed by atoms with Crippen LogP contribution in [-0.2, 0) is 14.4 Å². The molecule has 0 aromatic carbocycles. The summed E-state index contributed by atoms with van der Waals surface area (Å²) in [5, 5.41) is 9.34. The van der Waals surface area contributed by atoms with Crippen molar-refractivity contribution in [2.24, 2.45) is 11.3 Å². The third-order valence-electron chi connectivity index (χ3n) is 4.77. The highest BCUT2D eigenvalue weighted by atomic mass is 16.4. The topological polar surface area (TPSA) is 77.9 Å². The van der Waals surface area contributed by atoms with Crippen LogP contribution >= 0.6 is 0 Å². The van der Waals surface area contributed by atoms with E-state index in [1.165, 1.54) is 4.90 Å². The zero-order chi connectivity index (χ0) is 17.2. The molecule has 0 aromatic heterocycles. The molecule has 2 saturated heterocycles. The summed E-state index contributed by atoms with van der Waals surface area (Å²) in [5.74, 6) is -1.22. The lowest BCUT2D eigenvalue weighted by molar-refractivity contribution is -0.156. The minimum Gasteiger partial charge on any atom is -0.480 e. The largest absolute Gasteiger partial charge is 0.480 e. The Kier molecular flexibility index (Phi) is 5.32. The van der Waals surface area contributed by atoms with Gasteiger partial charge in [-0.3, -0.25) is 9.59 Å². The van der Waals surface area contributed by atoms with E-state index in [1.54, 1.807) is 4.90 Å². The van der Waals surface area contributed by atoms with Gasteiger partial charge in [-0.15, -0.1) is 0 Å². The first kappa shape index (κ1) is 17.8. The van der Waals surface area contributed by atoms with Crippen LogP contribution in [-0.4, -0.2) is 58.4 Å². The maximum Gasteiger partial charge on any atom is 0.326 e. The van der Waals surface area contributed by atoms with Gasteiger partial charge in [-0.25, -0.2) is 4.79 Å². The van der Waals surface area contributed by atoms with Crippen LogP contribution in [0.15, 0.2) is 0 Å². The highest BCUT2D eigenvalue weighted by molar-refractivity contribution is 5.87. The van der Waals surface area contributed by atoms with Crippen LogP contribution in [0.4, 0.5) is 0 Å². The number of carboxylic acid groups (broad SMARTS) is 1. The Morgan fingerprint density at radius 2 is 1.70 bits per heavy atom. The second-order valence-electron chi connectivity index (χ2n) is 7.72. The average molecular weight is 324 g/mol. The van der Waals surface area contributed by atoms with E-state index in [2.05, 4.69) is 0 Å². The molecule has 2 aliphatic heterocycles. The van der Waals surface area contributed by atoms with E-state index >= 15 is 0 Å². The summed E-state index contributed by atoms with van der Waals surface area (Å²) < 4.78 is 0. The highest BCUT2D eigenvalue weighted by Crippen LogP contribution is 2.27. The number of carboxylic acids is 1. The monoisotopic (exact) mass is 324 g/mol.